The molecule has 1 saturated heterocycles. The number of hydrogen-bond acceptors (Lipinski definition) is 1. The van der Waals surface area contributed by atoms with Crippen molar-refractivity contribution in [2.45, 2.75) is 13.8 Å². The molecule has 1 rings (SSSR count). The summed E-state index contributed by atoms with van der Waals surface area (Å²) in [5.41, 5.74) is 0.854. The first-order valence-corrected chi connectivity index (χ1v) is 3.18. The van der Waals surface area contributed by atoms with Gasteiger partial charge in [0.15, 0.2) is 0 Å². The van der Waals surface area contributed by atoms with Crippen LogP contribution in [0.25, 0.3) is 0 Å². The van der Waals surface area contributed by atoms with Crippen LogP contribution >= 0.6 is 0 Å². The van der Waals surface area contributed by atoms with Gasteiger partial charge >= 0.3 is 0 Å². The molecular weight excluding hydrogens is 114 g/mol. The van der Waals surface area contributed by atoms with Crippen LogP contribution in [0, 0.1) is 0 Å². The highest BCUT2D eigenvalue weighted by Crippen LogP contribution is 2.09. The maximum absolute atomic E-state index is 11.0. The van der Waals surface area contributed by atoms with E-state index < -0.39 is 0 Å². The molecule has 1 heterocycles. The molecule has 2 nitrogen and oxygen atoms in total. The van der Waals surface area contributed by atoms with Crippen molar-refractivity contribution in [1.29, 1.82) is 0 Å². The zero-order chi connectivity index (χ0) is 6.85. The van der Waals surface area contributed by atoms with Gasteiger partial charge in [-0.15, -0.1) is 0 Å². The molecule has 0 aromatic rings. The Bertz CT molecular complexity index is 156. The van der Waals surface area contributed by atoms with Gasteiger partial charge in [-0.1, -0.05) is 6.08 Å². The first kappa shape index (κ1) is 6.33. The Morgan fingerprint density at radius 3 is 2.44 bits per heavy atom. The summed E-state index contributed by atoms with van der Waals surface area (Å²) in [6.45, 7) is 5.63. The van der Waals surface area contributed by atoms with Gasteiger partial charge in [-0.25, -0.2) is 0 Å². The molecule has 0 unspecified atom stereocenters. The molecular formula is C7H11NO. The second kappa shape index (κ2) is 2.21. The van der Waals surface area contributed by atoms with Gasteiger partial charge in [0.2, 0.25) is 5.91 Å². The van der Waals surface area contributed by atoms with Gasteiger partial charge in [-0.05, 0) is 13.8 Å². The summed E-state index contributed by atoms with van der Waals surface area (Å²) in [4.78, 5) is 12.8. The Balaban J connectivity index is 2.50. The zero-order valence-electron chi connectivity index (χ0n) is 5.85. The van der Waals surface area contributed by atoms with Crippen molar-refractivity contribution >= 4 is 5.91 Å². The van der Waals surface area contributed by atoms with E-state index >= 15 is 0 Å². The average Bonchev–Trinajstić information content (AvgIpc) is 2.66. The van der Waals surface area contributed by atoms with Crippen LogP contribution in [0.3, 0.4) is 0 Å². The smallest absolute Gasteiger partial charge is 0.249 e. The van der Waals surface area contributed by atoms with Crippen LogP contribution in [0.15, 0.2) is 11.6 Å². The molecule has 1 aliphatic rings. The molecule has 2 heteroatoms. The molecule has 0 N–H and O–H groups in total. The highest BCUT2D eigenvalue weighted by molar-refractivity contribution is 5.94. The molecule has 0 saturated carbocycles. The van der Waals surface area contributed by atoms with Gasteiger partial charge in [0, 0.05) is 18.7 Å². The summed E-state index contributed by atoms with van der Waals surface area (Å²) < 4.78 is 0. The molecule has 0 aromatic heterocycles. The van der Waals surface area contributed by atoms with Crippen LogP contribution < -0.4 is 0 Å². The summed E-state index contributed by atoms with van der Waals surface area (Å²) in [6.07, 6.45) is 1.85. The predicted octanol–water partition coefficient (Wildman–Crippen LogP) is 0.795. The van der Waals surface area contributed by atoms with Crippen LogP contribution in [0.1, 0.15) is 13.8 Å². The third-order valence-electron chi connectivity index (χ3n) is 1.50. The third kappa shape index (κ3) is 1.31. The first-order chi connectivity index (χ1) is 4.25. The lowest BCUT2D eigenvalue weighted by Crippen LogP contribution is -2.10. The van der Waals surface area contributed by atoms with Crippen LogP contribution in [0.5, 0.6) is 0 Å². The maximum Gasteiger partial charge on any atom is 0.249 e. The van der Waals surface area contributed by atoms with E-state index in [1.54, 1.807) is 0 Å². The van der Waals surface area contributed by atoms with E-state index in [4.69, 9.17) is 0 Å². The van der Waals surface area contributed by atoms with Gasteiger partial charge in [0.1, 0.15) is 0 Å². The largest absolute Gasteiger partial charge is 0.335 e. The van der Waals surface area contributed by atoms with E-state index in [0.717, 1.165) is 18.7 Å². The topological polar surface area (TPSA) is 20.1 Å². The highest BCUT2D eigenvalue weighted by Gasteiger charge is 2.24. The van der Waals surface area contributed by atoms with Crippen molar-refractivity contribution in [3.63, 3.8) is 0 Å². The minimum atomic E-state index is 0.192. The first-order valence-electron chi connectivity index (χ1n) is 3.18. The lowest BCUT2D eigenvalue weighted by atomic mass is 10.3. The summed E-state index contributed by atoms with van der Waals surface area (Å²) in [5.74, 6) is 0.192. The van der Waals surface area contributed by atoms with E-state index in [1.165, 1.54) is 0 Å². The summed E-state index contributed by atoms with van der Waals surface area (Å²) in [5, 5.41) is 0. The normalized spacial score (nSPS) is 18.0. The molecule has 1 fully saturated rings. The molecule has 1 aliphatic heterocycles. The Hall–Kier alpha value is -0.790. The van der Waals surface area contributed by atoms with Crippen LogP contribution in [0.2, 0.25) is 0 Å². The average molecular weight is 125 g/mol. The van der Waals surface area contributed by atoms with E-state index in [2.05, 4.69) is 0 Å². The predicted molar refractivity (Wildman–Crippen MR) is 36.0 cm³/mol. The molecule has 0 aromatic carbocycles. The van der Waals surface area contributed by atoms with Gasteiger partial charge < -0.3 is 4.90 Å². The monoisotopic (exact) mass is 125 g/mol. The quantitative estimate of drug-likeness (QED) is 0.375. The second-order valence-electron chi connectivity index (χ2n) is 2.26. The zero-order valence-corrected chi connectivity index (χ0v) is 5.85. The minimum Gasteiger partial charge on any atom is -0.335 e. The van der Waals surface area contributed by atoms with Crippen molar-refractivity contribution in [2.24, 2.45) is 0 Å². The molecule has 0 bridgehead atoms. The lowest BCUT2D eigenvalue weighted by molar-refractivity contribution is -0.121. The number of allylic oxidation sites excluding steroid dienone is 1. The Morgan fingerprint density at radius 1 is 1.56 bits per heavy atom. The number of hydrogen-bond donors (Lipinski definition) is 0. The number of amides is 1. The molecule has 0 spiro atoms. The molecule has 50 valence electrons. The van der Waals surface area contributed by atoms with Gasteiger partial charge in [0.05, 0.1) is 0 Å². The van der Waals surface area contributed by atoms with E-state index in [-0.39, 0.29) is 5.91 Å². The standard InChI is InChI=1S/C7H11NO/c1-3-6(2)7(9)8-4-5-8/h3H,4-5H2,1-2H3. The highest BCUT2D eigenvalue weighted by atomic mass is 16.2. The number of carbonyl (C=O) groups excluding carboxylic acids is 1. The fourth-order valence-electron chi connectivity index (χ4n) is 0.626. The van der Waals surface area contributed by atoms with E-state index in [1.807, 2.05) is 24.8 Å². The van der Waals surface area contributed by atoms with Crippen LogP contribution in [0.4, 0.5) is 0 Å². The van der Waals surface area contributed by atoms with Gasteiger partial charge in [0.25, 0.3) is 0 Å². The number of nitrogens with zero attached hydrogens (tertiary/aromatic N) is 1. The van der Waals surface area contributed by atoms with Crippen molar-refractivity contribution in [1.82, 2.24) is 4.90 Å². The van der Waals surface area contributed by atoms with Crippen molar-refractivity contribution < 1.29 is 4.79 Å². The van der Waals surface area contributed by atoms with Crippen molar-refractivity contribution in [3.05, 3.63) is 11.6 Å². The van der Waals surface area contributed by atoms with Gasteiger partial charge in [-0.3, -0.25) is 4.79 Å². The molecule has 0 radical (unpaired) electrons. The minimum absolute atomic E-state index is 0.192. The Morgan fingerprint density at radius 2 is 2.11 bits per heavy atom. The second-order valence-corrected chi connectivity index (χ2v) is 2.26. The SMILES string of the molecule is CC=C(C)C(=O)N1CC1. The maximum atomic E-state index is 11.0. The molecule has 0 atom stereocenters. The number of carbonyl (C=O) groups is 1. The molecule has 9 heavy (non-hydrogen) atoms. The fraction of sp³-hybridized carbons (Fsp3) is 0.571. The van der Waals surface area contributed by atoms with Crippen molar-refractivity contribution in [3.8, 4) is 0 Å². The lowest BCUT2D eigenvalue weighted by Gasteiger charge is -1.97. The molecule has 0 aliphatic carbocycles. The van der Waals surface area contributed by atoms with Crippen LogP contribution in [-0.4, -0.2) is 23.9 Å². The van der Waals surface area contributed by atoms with Gasteiger partial charge in [-0.2, -0.15) is 0 Å². The Labute approximate surface area is 55.2 Å². The van der Waals surface area contributed by atoms with Crippen molar-refractivity contribution in [2.75, 3.05) is 13.1 Å². The van der Waals surface area contributed by atoms with E-state index in [9.17, 15) is 4.79 Å². The molecule has 1 amide bonds. The van der Waals surface area contributed by atoms with Crippen LogP contribution in [-0.2, 0) is 4.79 Å². The summed E-state index contributed by atoms with van der Waals surface area (Å²) in [6, 6.07) is 0. The fourth-order valence-corrected chi connectivity index (χ4v) is 0.626. The summed E-state index contributed by atoms with van der Waals surface area (Å²) >= 11 is 0. The Kier molecular flexibility index (Phi) is 1.56. The number of rotatable bonds is 1. The third-order valence-corrected chi connectivity index (χ3v) is 1.50. The van der Waals surface area contributed by atoms with E-state index in [0.29, 0.717) is 0 Å². The summed E-state index contributed by atoms with van der Waals surface area (Å²) in [7, 11) is 0.